The molecule has 31 heavy (non-hydrogen) atoms. The van der Waals surface area contributed by atoms with Crippen LogP contribution in [0.5, 0.6) is 11.5 Å². The van der Waals surface area contributed by atoms with Crippen molar-refractivity contribution >= 4 is 33.2 Å². The number of rotatable bonds is 10. The van der Waals surface area contributed by atoms with Crippen LogP contribution < -0.4 is 19.1 Å². The van der Waals surface area contributed by atoms with Crippen LogP contribution in [0.3, 0.4) is 0 Å². The number of anilines is 1. The lowest BCUT2D eigenvalue weighted by molar-refractivity contribution is -0.120. The molecule has 0 saturated heterocycles. The van der Waals surface area contributed by atoms with E-state index < -0.39 is 22.5 Å². The molecule has 0 spiro atoms. The minimum atomic E-state index is -4.18. The third-order valence-electron chi connectivity index (χ3n) is 4.42. The number of aryl methyl sites for hydroxylation is 1. The number of hydrogen-bond donors (Lipinski definition) is 1. The van der Waals surface area contributed by atoms with E-state index in [2.05, 4.69) is 5.32 Å². The predicted octanol–water partition coefficient (Wildman–Crippen LogP) is 3.01. The highest BCUT2D eigenvalue weighted by atomic mass is 35.5. The molecule has 1 atom stereocenters. The van der Waals surface area contributed by atoms with Gasteiger partial charge in [0.05, 0.1) is 31.5 Å². The average molecular weight is 471 g/mol. The summed E-state index contributed by atoms with van der Waals surface area (Å²) >= 11 is 6.23. The SMILES string of the molecule is COC[C@H](C)NC(=O)CN(c1ccc(OC)c(Cl)c1)S(=O)(=O)c1cc(C)ccc1OC. The summed E-state index contributed by atoms with van der Waals surface area (Å²) in [4.78, 5) is 12.6. The van der Waals surface area contributed by atoms with Crippen molar-refractivity contribution in [3.8, 4) is 11.5 Å². The Kier molecular flexibility index (Phi) is 8.55. The highest BCUT2D eigenvalue weighted by Crippen LogP contribution is 2.34. The second kappa shape index (κ2) is 10.7. The minimum Gasteiger partial charge on any atom is -0.495 e. The van der Waals surface area contributed by atoms with Gasteiger partial charge in [0.15, 0.2) is 0 Å². The summed E-state index contributed by atoms with van der Waals surface area (Å²) in [6.07, 6.45) is 0. The number of benzene rings is 2. The van der Waals surface area contributed by atoms with Crippen molar-refractivity contribution in [2.45, 2.75) is 24.8 Å². The molecule has 10 heteroatoms. The molecule has 0 radical (unpaired) electrons. The van der Waals surface area contributed by atoms with Crippen LogP contribution in [-0.4, -0.2) is 54.8 Å². The first kappa shape index (κ1) is 24.8. The summed E-state index contributed by atoms with van der Waals surface area (Å²) in [5, 5.41) is 2.94. The molecule has 170 valence electrons. The molecule has 0 unspecified atom stereocenters. The van der Waals surface area contributed by atoms with Gasteiger partial charge in [-0.15, -0.1) is 0 Å². The number of nitrogens with zero attached hydrogens (tertiary/aromatic N) is 1. The fourth-order valence-corrected chi connectivity index (χ4v) is 4.88. The number of nitrogens with one attached hydrogen (secondary N) is 1. The Morgan fingerprint density at radius 2 is 1.74 bits per heavy atom. The monoisotopic (exact) mass is 470 g/mol. The van der Waals surface area contributed by atoms with E-state index in [1.54, 1.807) is 32.0 Å². The predicted molar refractivity (Wildman–Crippen MR) is 120 cm³/mol. The van der Waals surface area contributed by atoms with E-state index in [4.69, 9.17) is 25.8 Å². The van der Waals surface area contributed by atoms with Crippen LogP contribution in [-0.2, 0) is 19.6 Å². The van der Waals surface area contributed by atoms with Gasteiger partial charge < -0.3 is 19.5 Å². The maximum atomic E-state index is 13.6. The number of ether oxygens (including phenoxy) is 3. The highest BCUT2D eigenvalue weighted by molar-refractivity contribution is 7.93. The van der Waals surface area contributed by atoms with Crippen molar-refractivity contribution in [2.24, 2.45) is 0 Å². The van der Waals surface area contributed by atoms with Gasteiger partial charge >= 0.3 is 0 Å². The molecular formula is C21H27ClN2O6S. The zero-order chi connectivity index (χ0) is 23.2. The van der Waals surface area contributed by atoms with E-state index >= 15 is 0 Å². The fraction of sp³-hybridized carbons (Fsp3) is 0.381. The van der Waals surface area contributed by atoms with Crippen molar-refractivity contribution < 1.29 is 27.4 Å². The van der Waals surface area contributed by atoms with E-state index in [-0.39, 0.29) is 27.4 Å². The Labute approximate surface area is 188 Å². The molecule has 0 aliphatic rings. The van der Waals surface area contributed by atoms with Gasteiger partial charge in [0.25, 0.3) is 10.0 Å². The molecule has 0 fully saturated rings. The number of carbonyl (C=O) groups is 1. The van der Waals surface area contributed by atoms with Crippen LogP contribution in [0.15, 0.2) is 41.3 Å². The maximum Gasteiger partial charge on any atom is 0.268 e. The lowest BCUT2D eigenvalue weighted by Gasteiger charge is -2.26. The Hall–Kier alpha value is -2.49. The van der Waals surface area contributed by atoms with Gasteiger partial charge in [-0.05, 0) is 49.7 Å². The van der Waals surface area contributed by atoms with Crippen molar-refractivity contribution in [1.29, 1.82) is 0 Å². The zero-order valence-electron chi connectivity index (χ0n) is 18.1. The van der Waals surface area contributed by atoms with Crippen molar-refractivity contribution in [1.82, 2.24) is 5.32 Å². The fourth-order valence-electron chi connectivity index (χ4n) is 2.97. The van der Waals surface area contributed by atoms with E-state index in [9.17, 15) is 13.2 Å². The summed E-state index contributed by atoms with van der Waals surface area (Å²) in [5.74, 6) is 0.0594. The Balaban J connectivity index is 2.55. The molecule has 0 aliphatic carbocycles. The summed E-state index contributed by atoms with van der Waals surface area (Å²) in [6, 6.07) is 9.02. The number of sulfonamides is 1. The number of methoxy groups -OCH3 is 3. The molecule has 0 bridgehead atoms. The summed E-state index contributed by atoms with van der Waals surface area (Å²) in [7, 11) is 0.177. The highest BCUT2D eigenvalue weighted by Gasteiger charge is 2.31. The molecule has 0 aliphatic heterocycles. The van der Waals surface area contributed by atoms with Gasteiger partial charge in [0.2, 0.25) is 5.91 Å². The van der Waals surface area contributed by atoms with Gasteiger partial charge in [0, 0.05) is 13.2 Å². The maximum absolute atomic E-state index is 13.6. The first-order chi connectivity index (χ1) is 14.6. The molecule has 0 aromatic heterocycles. The Bertz CT molecular complexity index is 1030. The topological polar surface area (TPSA) is 94.2 Å². The van der Waals surface area contributed by atoms with Crippen LogP contribution in [0.2, 0.25) is 5.02 Å². The molecule has 2 aromatic carbocycles. The van der Waals surface area contributed by atoms with E-state index in [1.807, 2.05) is 0 Å². The lowest BCUT2D eigenvalue weighted by atomic mass is 10.2. The Morgan fingerprint density at radius 1 is 1.10 bits per heavy atom. The van der Waals surface area contributed by atoms with Gasteiger partial charge in [-0.3, -0.25) is 9.10 Å². The van der Waals surface area contributed by atoms with Crippen LogP contribution in [0.4, 0.5) is 5.69 Å². The largest absolute Gasteiger partial charge is 0.495 e. The van der Waals surface area contributed by atoms with Gasteiger partial charge in [0.1, 0.15) is 22.9 Å². The summed E-state index contributed by atoms with van der Waals surface area (Å²) in [5.41, 5.74) is 0.939. The van der Waals surface area contributed by atoms with Gasteiger partial charge in [-0.1, -0.05) is 17.7 Å². The first-order valence-corrected chi connectivity index (χ1v) is 11.2. The first-order valence-electron chi connectivity index (χ1n) is 9.43. The zero-order valence-corrected chi connectivity index (χ0v) is 19.7. The van der Waals surface area contributed by atoms with Crippen LogP contribution in [0.25, 0.3) is 0 Å². The summed E-state index contributed by atoms with van der Waals surface area (Å²) in [6.45, 7) is 3.36. The van der Waals surface area contributed by atoms with E-state index in [0.29, 0.717) is 12.4 Å². The molecule has 2 aromatic rings. The summed E-state index contributed by atoms with van der Waals surface area (Å²) < 4.78 is 43.7. The smallest absolute Gasteiger partial charge is 0.268 e. The molecular weight excluding hydrogens is 444 g/mol. The lowest BCUT2D eigenvalue weighted by Crippen LogP contribution is -2.44. The number of halogens is 1. The third-order valence-corrected chi connectivity index (χ3v) is 6.51. The van der Waals surface area contributed by atoms with E-state index in [0.717, 1.165) is 9.87 Å². The van der Waals surface area contributed by atoms with Crippen molar-refractivity contribution in [2.75, 3.05) is 38.8 Å². The molecule has 8 nitrogen and oxygen atoms in total. The van der Waals surface area contributed by atoms with Crippen molar-refractivity contribution in [3.63, 3.8) is 0 Å². The molecule has 1 amide bonds. The third kappa shape index (κ3) is 6.03. The number of carbonyl (C=O) groups excluding carboxylic acids is 1. The molecule has 0 saturated carbocycles. The minimum absolute atomic E-state index is 0.0559. The standard InChI is InChI=1S/C21H27ClN2O6S/c1-14-6-8-19(30-5)20(10-14)31(26,27)24(12-21(25)23-15(2)13-28-3)16-7-9-18(29-4)17(22)11-16/h6-11,15H,12-13H2,1-5H3,(H,23,25)/t15-/m0/s1. The number of amides is 1. The quantitative estimate of drug-likeness (QED) is 0.573. The second-order valence-corrected chi connectivity index (χ2v) is 9.15. The Morgan fingerprint density at radius 3 is 2.32 bits per heavy atom. The van der Waals surface area contributed by atoms with Gasteiger partial charge in [-0.25, -0.2) is 8.42 Å². The normalized spacial score (nSPS) is 12.2. The average Bonchev–Trinajstić information content (AvgIpc) is 2.72. The van der Waals surface area contributed by atoms with E-state index in [1.165, 1.54) is 39.5 Å². The van der Waals surface area contributed by atoms with Crippen LogP contribution in [0.1, 0.15) is 12.5 Å². The van der Waals surface area contributed by atoms with Crippen molar-refractivity contribution in [3.05, 3.63) is 47.0 Å². The van der Waals surface area contributed by atoms with Gasteiger partial charge in [-0.2, -0.15) is 0 Å². The second-order valence-electron chi connectivity index (χ2n) is 6.91. The molecule has 0 heterocycles. The molecule has 2 rings (SSSR count). The molecule has 1 N–H and O–H groups in total. The van der Waals surface area contributed by atoms with Crippen LogP contribution in [0, 0.1) is 6.92 Å². The van der Waals surface area contributed by atoms with Crippen LogP contribution >= 0.6 is 11.6 Å². The number of hydrogen-bond acceptors (Lipinski definition) is 6.